The fourth-order valence-corrected chi connectivity index (χ4v) is 1.48. The summed E-state index contributed by atoms with van der Waals surface area (Å²) in [4.78, 5) is 23.1. The Morgan fingerprint density at radius 3 is 2.81 bits per heavy atom. The molecule has 86 valence electrons. The monoisotopic (exact) mass is 222 g/mol. The second-order valence-corrected chi connectivity index (χ2v) is 4.26. The van der Waals surface area contributed by atoms with Crippen LogP contribution < -0.4 is 10.9 Å². The van der Waals surface area contributed by atoms with E-state index in [1.165, 1.54) is 10.6 Å². The van der Waals surface area contributed by atoms with Gasteiger partial charge >= 0.3 is 0 Å². The van der Waals surface area contributed by atoms with E-state index in [-0.39, 0.29) is 18.1 Å². The maximum atomic E-state index is 11.8. The van der Waals surface area contributed by atoms with E-state index in [1.54, 1.807) is 19.3 Å². The first-order valence-corrected chi connectivity index (χ1v) is 5.16. The van der Waals surface area contributed by atoms with E-state index in [0.29, 0.717) is 5.56 Å². The van der Waals surface area contributed by atoms with Crippen LogP contribution in [0.2, 0.25) is 0 Å². The lowest BCUT2D eigenvalue weighted by Crippen LogP contribution is -2.40. The Bertz CT molecular complexity index is 474. The molecule has 0 bridgehead atoms. The number of hydrogen-bond donors (Lipinski definition) is 2. The number of pyridine rings is 1. The van der Waals surface area contributed by atoms with Gasteiger partial charge in [-0.05, 0) is 18.9 Å². The third-order valence-electron chi connectivity index (χ3n) is 2.90. The van der Waals surface area contributed by atoms with E-state index in [2.05, 4.69) is 5.32 Å². The van der Waals surface area contributed by atoms with E-state index in [0.717, 1.165) is 12.8 Å². The van der Waals surface area contributed by atoms with Crippen molar-refractivity contribution in [1.82, 2.24) is 9.88 Å². The van der Waals surface area contributed by atoms with Crippen LogP contribution in [0.3, 0.4) is 0 Å². The van der Waals surface area contributed by atoms with E-state index < -0.39 is 5.54 Å². The number of aliphatic hydroxyl groups excluding tert-OH is 1. The summed E-state index contributed by atoms with van der Waals surface area (Å²) in [6, 6.07) is 2.88. The van der Waals surface area contributed by atoms with E-state index >= 15 is 0 Å². The van der Waals surface area contributed by atoms with Crippen molar-refractivity contribution in [2.75, 3.05) is 6.61 Å². The van der Waals surface area contributed by atoms with Gasteiger partial charge in [0.05, 0.1) is 12.1 Å². The average Bonchev–Trinajstić information content (AvgIpc) is 3.02. The van der Waals surface area contributed by atoms with Gasteiger partial charge in [0.15, 0.2) is 0 Å². The van der Waals surface area contributed by atoms with Crippen molar-refractivity contribution in [2.45, 2.75) is 18.4 Å². The van der Waals surface area contributed by atoms with Gasteiger partial charge in [0.1, 0.15) is 0 Å². The summed E-state index contributed by atoms with van der Waals surface area (Å²) in [5, 5.41) is 11.8. The summed E-state index contributed by atoms with van der Waals surface area (Å²) in [6.45, 7) is -0.0520. The van der Waals surface area contributed by atoms with Crippen molar-refractivity contribution >= 4 is 5.91 Å². The number of nitrogens with one attached hydrogen (secondary N) is 1. The zero-order valence-corrected chi connectivity index (χ0v) is 9.06. The number of nitrogens with zero attached hydrogens (tertiary/aromatic N) is 1. The Labute approximate surface area is 92.7 Å². The smallest absolute Gasteiger partial charge is 0.252 e. The molecular weight excluding hydrogens is 208 g/mol. The van der Waals surface area contributed by atoms with Crippen LogP contribution in [0.15, 0.2) is 23.1 Å². The molecule has 2 N–H and O–H groups in total. The van der Waals surface area contributed by atoms with Gasteiger partial charge in [-0.2, -0.15) is 0 Å². The summed E-state index contributed by atoms with van der Waals surface area (Å²) in [5.41, 5.74) is -0.331. The molecule has 1 heterocycles. The van der Waals surface area contributed by atoms with Crippen LogP contribution in [0.1, 0.15) is 23.2 Å². The predicted octanol–water partition coefficient (Wildman–Crippen LogP) is -0.360. The third kappa shape index (κ3) is 1.99. The molecule has 0 aliphatic heterocycles. The van der Waals surface area contributed by atoms with Crippen molar-refractivity contribution in [2.24, 2.45) is 7.05 Å². The molecule has 1 aromatic heterocycles. The molecule has 0 radical (unpaired) electrons. The Morgan fingerprint density at radius 2 is 2.31 bits per heavy atom. The number of carbonyl (C=O) groups excluding carboxylic acids is 1. The molecule has 1 aliphatic rings. The summed E-state index contributed by atoms with van der Waals surface area (Å²) in [6.07, 6.45) is 3.13. The fourth-order valence-electron chi connectivity index (χ4n) is 1.48. The quantitative estimate of drug-likeness (QED) is 0.733. The lowest BCUT2D eigenvalue weighted by molar-refractivity contribution is 0.0906. The van der Waals surface area contributed by atoms with Gasteiger partial charge < -0.3 is 15.0 Å². The maximum absolute atomic E-state index is 11.8. The molecule has 0 saturated heterocycles. The number of amides is 1. The molecule has 1 saturated carbocycles. The van der Waals surface area contributed by atoms with Crippen molar-refractivity contribution in [3.8, 4) is 0 Å². The fraction of sp³-hybridized carbons (Fsp3) is 0.455. The molecule has 0 unspecified atom stereocenters. The van der Waals surface area contributed by atoms with E-state index in [9.17, 15) is 9.59 Å². The molecule has 1 aromatic rings. The summed E-state index contributed by atoms with van der Waals surface area (Å²) < 4.78 is 1.40. The Morgan fingerprint density at radius 1 is 1.62 bits per heavy atom. The minimum atomic E-state index is -0.446. The summed E-state index contributed by atoms with van der Waals surface area (Å²) >= 11 is 0. The van der Waals surface area contributed by atoms with Crippen molar-refractivity contribution in [3.63, 3.8) is 0 Å². The average molecular weight is 222 g/mol. The SMILES string of the molecule is Cn1ccc(C(=O)NC2(CO)CC2)cc1=O. The van der Waals surface area contributed by atoms with Gasteiger partial charge in [0.25, 0.3) is 11.5 Å². The standard InChI is InChI=1S/C11H14N2O3/c1-13-5-2-8(6-9(13)15)10(16)12-11(7-14)3-4-11/h2,5-6,14H,3-4,7H2,1H3,(H,12,16). The topological polar surface area (TPSA) is 71.3 Å². The highest BCUT2D eigenvalue weighted by Crippen LogP contribution is 2.34. The maximum Gasteiger partial charge on any atom is 0.252 e. The Balaban J connectivity index is 2.15. The summed E-state index contributed by atoms with van der Waals surface area (Å²) in [5.74, 6) is -0.302. The summed E-state index contributed by atoms with van der Waals surface area (Å²) in [7, 11) is 1.63. The highest BCUT2D eigenvalue weighted by atomic mass is 16.3. The van der Waals surface area contributed by atoms with Gasteiger partial charge in [-0.1, -0.05) is 0 Å². The molecule has 1 aliphatic carbocycles. The minimum absolute atomic E-state index is 0.0520. The Hall–Kier alpha value is -1.62. The molecule has 2 rings (SSSR count). The molecule has 16 heavy (non-hydrogen) atoms. The molecular formula is C11H14N2O3. The number of aromatic nitrogens is 1. The Kier molecular flexibility index (Phi) is 2.55. The van der Waals surface area contributed by atoms with Gasteiger partial charge in [-0.25, -0.2) is 0 Å². The normalized spacial score (nSPS) is 16.9. The highest BCUT2D eigenvalue weighted by molar-refractivity contribution is 5.94. The van der Waals surface area contributed by atoms with Crippen LogP contribution in [-0.2, 0) is 7.05 Å². The van der Waals surface area contributed by atoms with Gasteiger partial charge in [0, 0.05) is 24.9 Å². The van der Waals surface area contributed by atoms with E-state index in [4.69, 9.17) is 5.11 Å². The molecule has 0 atom stereocenters. The molecule has 1 fully saturated rings. The number of aryl methyl sites for hydroxylation is 1. The third-order valence-corrected chi connectivity index (χ3v) is 2.90. The number of aliphatic hydroxyl groups is 1. The molecule has 5 nitrogen and oxygen atoms in total. The largest absolute Gasteiger partial charge is 0.394 e. The predicted molar refractivity (Wildman–Crippen MR) is 58.2 cm³/mol. The van der Waals surface area contributed by atoms with Crippen LogP contribution in [0, 0.1) is 0 Å². The lowest BCUT2D eigenvalue weighted by atomic mass is 10.2. The second kappa shape index (κ2) is 3.75. The first-order chi connectivity index (χ1) is 7.56. The van der Waals surface area contributed by atoms with Gasteiger partial charge in [-0.15, -0.1) is 0 Å². The van der Waals surface area contributed by atoms with Crippen LogP contribution in [0.5, 0.6) is 0 Å². The number of carbonyl (C=O) groups is 1. The first-order valence-electron chi connectivity index (χ1n) is 5.16. The van der Waals surface area contributed by atoms with Crippen molar-refractivity contribution in [3.05, 3.63) is 34.2 Å². The molecule has 5 heteroatoms. The van der Waals surface area contributed by atoms with Crippen LogP contribution in [0.25, 0.3) is 0 Å². The first kappa shape index (κ1) is 10.9. The number of hydrogen-bond acceptors (Lipinski definition) is 3. The zero-order chi connectivity index (χ0) is 11.8. The minimum Gasteiger partial charge on any atom is -0.394 e. The highest BCUT2D eigenvalue weighted by Gasteiger charge is 2.43. The van der Waals surface area contributed by atoms with Crippen LogP contribution in [0.4, 0.5) is 0 Å². The molecule has 0 aromatic carbocycles. The molecule has 0 spiro atoms. The molecule has 1 amide bonds. The van der Waals surface area contributed by atoms with Crippen LogP contribution >= 0.6 is 0 Å². The van der Waals surface area contributed by atoms with Crippen molar-refractivity contribution < 1.29 is 9.90 Å². The van der Waals surface area contributed by atoms with Gasteiger partial charge in [-0.3, -0.25) is 9.59 Å². The van der Waals surface area contributed by atoms with Gasteiger partial charge in [0.2, 0.25) is 0 Å². The second-order valence-electron chi connectivity index (χ2n) is 4.26. The zero-order valence-electron chi connectivity index (χ0n) is 9.06. The van der Waals surface area contributed by atoms with Crippen molar-refractivity contribution in [1.29, 1.82) is 0 Å². The number of rotatable bonds is 3. The lowest BCUT2D eigenvalue weighted by Gasteiger charge is -2.14. The van der Waals surface area contributed by atoms with Crippen LogP contribution in [-0.4, -0.2) is 27.7 Å². The van der Waals surface area contributed by atoms with E-state index in [1.807, 2.05) is 0 Å².